The van der Waals surface area contributed by atoms with Gasteiger partial charge in [0.05, 0.1) is 17.1 Å². The first kappa shape index (κ1) is 31.0. The summed E-state index contributed by atoms with van der Waals surface area (Å²) in [4.78, 5) is 35.4. The highest BCUT2D eigenvalue weighted by Crippen LogP contribution is 2.39. The Morgan fingerprint density at radius 3 is 2.40 bits per heavy atom. The molecular formula is C24H29F3N6O5S2. The first-order valence-electron chi connectivity index (χ1n) is 12.2. The van der Waals surface area contributed by atoms with E-state index in [0.29, 0.717) is 21.9 Å². The molecule has 1 fully saturated rings. The molecule has 0 radical (unpaired) electrons. The van der Waals surface area contributed by atoms with Gasteiger partial charge >= 0.3 is 6.36 Å². The quantitative estimate of drug-likeness (QED) is 0.407. The maximum absolute atomic E-state index is 13.0. The van der Waals surface area contributed by atoms with E-state index in [9.17, 15) is 31.2 Å². The molecule has 1 saturated carbocycles. The molecule has 1 aromatic carbocycles. The van der Waals surface area contributed by atoms with E-state index in [0.717, 1.165) is 42.6 Å². The molecule has 16 heteroatoms. The predicted octanol–water partition coefficient (Wildman–Crippen LogP) is 4.12. The van der Waals surface area contributed by atoms with Gasteiger partial charge < -0.3 is 15.0 Å². The fraction of sp³-hybridized carbons (Fsp3) is 0.458. The number of sulfone groups is 1. The molecule has 1 atom stereocenters. The minimum Gasteiger partial charge on any atom is -0.406 e. The van der Waals surface area contributed by atoms with Gasteiger partial charge in [0.15, 0.2) is 21.5 Å². The first-order chi connectivity index (χ1) is 18.6. The summed E-state index contributed by atoms with van der Waals surface area (Å²) in [6.45, 7) is 5.59. The average molecular weight is 603 g/mol. The Morgan fingerprint density at radius 1 is 1.20 bits per heavy atom. The van der Waals surface area contributed by atoms with E-state index in [1.54, 1.807) is 21.0 Å². The summed E-state index contributed by atoms with van der Waals surface area (Å²) in [5.41, 5.74) is -0.361. The maximum Gasteiger partial charge on any atom is 0.573 e. The number of thiazole rings is 1. The second-order valence-electron chi connectivity index (χ2n) is 8.93. The van der Waals surface area contributed by atoms with E-state index in [1.165, 1.54) is 15.8 Å². The van der Waals surface area contributed by atoms with Crippen molar-refractivity contribution in [1.29, 1.82) is 0 Å². The van der Waals surface area contributed by atoms with Gasteiger partial charge in [-0.05, 0) is 38.0 Å². The smallest absolute Gasteiger partial charge is 0.406 e. The molecule has 2 heterocycles. The number of ether oxygens (including phenoxy) is 1. The summed E-state index contributed by atoms with van der Waals surface area (Å²) in [5, 5.41) is 7.47. The van der Waals surface area contributed by atoms with Crippen molar-refractivity contribution in [2.75, 3.05) is 20.4 Å². The van der Waals surface area contributed by atoms with Crippen molar-refractivity contribution in [1.82, 2.24) is 30.0 Å². The second-order valence-corrected chi connectivity index (χ2v) is 12.0. The number of hydrogen-bond acceptors (Lipinski definition) is 9. The highest BCUT2D eigenvalue weighted by Gasteiger charge is 2.33. The van der Waals surface area contributed by atoms with Crippen molar-refractivity contribution in [3.63, 3.8) is 0 Å². The Morgan fingerprint density at radius 2 is 1.85 bits per heavy atom. The molecule has 1 aliphatic carbocycles. The van der Waals surface area contributed by atoms with E-state index in [1.807, 2.05) is 13.8 Å². The molecular weight excluding hydrogens is 573 g/mol. The summed E-state index contributed by atoms with van der Waals surface area (Å²) in [6.07, 6.45) is -1.09. The lowest BCUT2D eigenvalue weighted by Crippen LogP contribution is -2.29. The fourth-order valence-corrected chi connectivity index (χ4v) is 4.98. The third kappa shape index (κ3) is 7.56. The number of aromatic nitrogens is 4. The Kier molecular flexibility index (Phi) is 9.24. The van der Waals surface area contributed by atoms with Crippen molar-refractivity contribution >= 4 is 33.0 Å². The van der Waals surface area contributed by atoms with Crippen molar-refractivity contribution in [3.8, 4) is 10.9 Å². The average Bonchev–Trinajstić information content (AvgIpc) is 3.42. The molecule has 0 saturated heterocycles. The summed E-state index contributed by atoms with van der Waals surface area (Å²) >= 11 is 1.08. The lowest BCUT2D eigenvalue weighted by molar-refractivity contribution is -0.274. The fourth-order valence-electron chi connectivity index (χ4n) is 3.41. The zero-order valence-corrected chi connectivity index (χ0v) is 24.2. The van der Waals surface area contributed by atoms with Crippen molar-refractivity contribution in [2.24, 2.45) is 0 Å². The van der Waals surface area contributed by atoms with Gasteiger partial charge in [0.1, 0.15) is 10.6 Å². The van der Waals surface area contributed by atoms with Crippen molar-refractivity contribution in [2.45, 2.75) is 56.8 Å². The van der Waals surface area contributed by atoms with Crippen LogP contribution in [0.5, 0.6) is 5.75 Å². The van der Waals surface area contributed by atoms with Crippen LogP contribution in [0.4, 0.5) is 13.2 Å². The predicted molar refractivity (Wildman–Crippen MR) is 140 cm³/mol. The van der Waals surface area contributed by atoms with Crippen LogP contribution < -0.4 is 10.1 Å². The van der Waals surface area contributed by atoms with E-state index in [-0.39, 0.29) is 23.2 Å². The highest BCUT2D eigenvalue weighted by atomic mass is 32.2. The van der Waals surface area contributed by atoms with Crippen LogP contribution in [0.3, 0.4) is 0 Å². The summed E-state index contributed by atoms with van der Waals surface area (Å²) in [7, 11) is -0.749. The van der Waals surface area contributed by atoms with Crippen LogP contribution >= 0.6 is 11.3 Å². The molecule has 1 N–H and O–H groups in total. The van der Waals surface area contributed by atoms with E-state index in [2.05, 4.69) is 25.1 Å². The van der Waals surface area contributed by atoms with Crippen LogP contribution in [0.25, 0.3) is 5.13 Å². The van der Waals surface area contributed by atoms with Crippen LogP contribution in [0, 0.1) is 0 Å². The zero-order chi connectivity index (χ0) is 30.0. The number of alkyl halides is 3. The molecule has 2 amide bonds. The number of nitrogens with zero attached hydrogens (tertiary/aromatic N) is 5. The van der Waals surface area contributed by atoms with Gasteiger partial charge in [-0.2, -0.15) is 4.68 Å². The van der Waals surface area contributed by atoms with E-state index >= 15 is 0 Å². The lowest BCUT2D eigenvalue weighted by Gasteiger charge is -2.15. The molecule has 0 bridgehead atoms. The molecule has 11 nitrogen and oxygen atoms in total. The highest BCUT2D eigenvalue weighted by molar-refractivity contribution is 7.90. The summed E-state index contributed by atoms with van der Waals surface area (Å²) < 4.78 is 67.7. The molecule has 4 rings (SSSR count). The van der Waals surface area contributed by atoms with Gasteiger partial charge in [-0.1, -0.05) is 25.2 Å². The van der Waals surface area contributed by atoms with Crippen molar-refractivity contribution in [3.05, 3.63) is 46.5 Å². The number of halogens is 3. The standard InChI is InChI=1S/C22H23F3N6O5S2.C2H6/c1-11(27-19(32)13-7-14(36-22(23,24)25)9-15(8-13)38(4,34)35)18-28-17(12-5-6-12)29-31(18)21-26-10-16(37-21)20(33)30(2)3;1-2/h7-12H,5-6H2,1-4H3,(H,27,32);1-2H3/t11-;/m0./s1. The summed E-state index contributed by atoms with van der Waals surface area (Å²) in [6, 6.07) is 1.62. The zero-order valence-electron chi connectivity index (χ0n) is 22.6. The third-order valence-electron chi connectivity index (χ3n) is 5.42. The van der Waals surface area contributed by atoms with Crippen LogP contribution in [0.15, 0.2) is 29.3 Å². The molecule has 0 aliphatic heterocycles. The molecule has 0 spiro atoms. The number of carbonyl (C=O) groups is 2. The van der Waals surface area contributed by atoms with Gasteiger partial charge in [0, 0.05) is 31.8 Å². The lowest BCUT2D eigenvalue weighted by atomic mass is 10.2. The molecule has 40 heavy (non-hydrogen) atoms. The topological polar surface area (TPSA) is 136 Å². The van der Waals surface area contributed by atoms with E-state index < -0.39 is 38.8 Å². The Labute approximate surface area is 233 Å². The van der Waals surface area contributed by atoms with E-state index in [4.69, 9.17) is 0 Å². The number of rotatable bonds is 8. The SMILES string of the molecule is CC.C[C@H](NC(=O)c1cc(OC(F)(F)F)cc(S(C)(=O)=O)c1)c1nc(C2CC2)nn1-c1ncc(C(=O)N(C)C)s1. The molecule has 0 unspecified atom stereocenters. The van der Waals surface area contributed by atoms with Crippen LogP contribution in [-0.2, 0) is 9.84 Å². The van der Waals surface area contributed by atoms with Gasteiger partial charge in [-0.25, -0.2) is 18.4 Å². The number of amides is 2. The van der Waals surface area contributed by atoms with Gasteiger partial charge in [-0.3, -0.25) is 9.59 Å². The monoisotopic (exact) mass is 602 g/mol. The molecule has 3 aromatic rings. The maximum atomic E-state index is 13.0. The van der Waals surface area contributed by atoms with Crippen LogP contribution in [0.2, 0.25) is 0 Å². The number of carbonyl (C=O) groups excluding carboxylic acids is 2. The molecule has 2 aromatic heterocycles. The Hall–Kier alpha value is -3.53. The number of benzene rings is 1. The Bertz CT molecular complexity index is 1500. The normalized spacial score (nSPS) is 14.1. The second kappa shape index (κ2) is 11.9. The van der Waals surface area contributed by atoms with Gasteiger partial charge in [0.2, 0.25) is 5.13 Å². The van der Waals surface area contributed by atoms with Crippen molar-refractivity contribution < 1.29 is 35.9 Å². The third-order valence-corrected chi connectivity index (χ3v) is 7.47. The van der Waals surface area contributed by atoms with Crippen LogP contribution in [-0.4, -0.2) is 71.6 Å². The minimum atomic E-state index is -5.09. The Balaban J connectivity index is 0.00000216. The summed E-state index contributed by atoms with van der Waals surface area (Å²) in [5.74, 6) is -0.990. The van der Waals surface area contributed by atoms with Crippen LogP contribution in [0.1, 0.15) is 77.3 Å². The minimum absolute atomic E-state index is 0.147. The molecule has 1 aliphatic rings. The molecule has 218 valence electrons. The first-order valence-corrected chi connectivity index (χ1v) is 14.9. The largest absolute Gasteiger partial charge is 0.573 e. The number of hydrogen-bond donors (Lipinski definition) is 1. The van der Waals surface area contributed by atoms with Gasteiger partial charge in [-0.15, -0.1) is 18.3 Å². The number of nitrogens with one attached hydrogen (secondary N) is 1. The van der Waals surface area contributed by atoms with Gasteiger partial charge in [0.25, 0.3) is 11.8 Å².